The largest absolute Gasteiger partial charge is 0.465 e. The van der Waals surface area contributed by atoms with Gasteiger partial charge in [0.25, 0.3) is 11.8 Å². The third-order valence-corrected chi connectivity index (χ3v) is 3.78. The second-order valence-corrected chi connectivity index (χ2v) is 5.39. The Morgan fingerprint density at radius 1 is 1.08 bits per heavy atom. The monoisotopic (exact) mass is 352 g/mol. The number of barbiturate groups is 1. The van der Waals surface area contributed by atoms with Crippen molar-refractivity contribution in [1.29, 1.82) is 0 Å². The number of ether oxygens (including phenoxy) is 2. The molecule has 1 aromatic heterocycles. The van der Waals surface area contributed by atoms with Crippen molar-refractivity contribution in [1.82, 2.24) is 5.32 Å². The van der Waals surface area contributed by atoms with Gasteiger partial charge in [0.05, 0.1) is 12.0 Å². The molecule has 8 heteroatoms. The number of carbonyl (C=O) groups is 3. The molecule has 4 amide bonds. The molecule has 1 fully saturated rings. The van der Waals surface area contributed by atoms with E-state index in [1.54, 1.807) is 24.3 Å². The third kappa shape index (κ3) is 2.73. The van der Waals surface area contributed by atoms with E-state index in [0.29, 0.717) is 17.3 Å². The average molecular weight is 352 g/mol. The molecular formula is C18H12N2O6. The second-order valence-electron chi connectivity index (χ2n) is 5.39. The van der Waals surface area contributed by atoms with Crippen molar-refractivity contribution >= 4 is 29.6 Å². The molecule has 0 spiro atoms. The fourth-order valence-corrected chi connectivity index (χ4v) is 2.56. The van der Waals surface area contributed by atoms with E-state index < -0.39 is 17.8 Å². The maximum absolute atomic E-state index is 12.7. The summed E-state index contributed by atoms with van der Waals surface area (Å²) in [6.07, 6.45) is 5.92. The number of furan rings is 1. The van der Waals surface area contributed by atoms with Crippen molar-refractivity contribution in [3.63, 3.8) is 0 Å². The molecule has 0 aliphatic carbocycles. The molecule has 130 valence electrons. The minimum Gasteiger partial charge on any atom is -0.465 e. The summed E-state index contributed by atoms with van der Waals surface area (Å²) in [7, 11) is 0. The Morgan fingerprint density at radius 3 is 2.73 bits per heavy atom. The molecule has 0 unspecified atom stereocenters. The van der Waals surface area contributed by atoms with E-state index >= 15 is 0 Å². The van der Waals surface area contributed by atoms with Gasteiger partial charge in [-0.05, 0) is 36.4 Å². The van der Waals surface area contributed by atoms with Gasteiger partial charge in [0, 0.05) is 6.07 Å². The SMILES string of the molecule is O=C1NC(=O)N(c2ccc3c(c2)OCO3)C(=O)/C1=C/C=C/c1ccco1. The van der Waals surface area contributed by atoms with Crippen LogP contribution in [0.2, 0.25) is 0 Å². The molecule has 1 aromatic carbocycles. The molecule has 26 heavy (non-hydrogen) atoms. The lowest BCUT2D eigenvalue weighted by Crippen LogP contribution is -2.54. The summed E-state index contributed by atoms with van der Waals surface area (Å²) < 4.78 is 15.6. The van der Waals surface area contributed by atoms with Crippen LogP contribution < -0.4 is 19.7 Å². The van der Waals surface area contributed by atoms with Crippen LogP contribution in [0, 0.1) is 0 Å². The number of anilines is 1. The fraction of sp³-hybridized carbons (Fsp3) is 0.0556. The maximum atomic E-state index is 12.7. The zero-order valence-corrected chi connectivity index (χ0v) is 13.3. The number of imide groups is 2. The van der Waals surface area contributed by atoms with Gasteiger partial charge in [-0.3, -0.25) is 14.9 Å². The van der Waals surface area contributed by atoms with Crippen molar-refractivity contribution in [3.05, 3.63) is 60.1 Å². The van der Waals surface area contributed by atoms with E-state index in [1.807, 2.05) is 0 Å². The van der Waals surface area contributed by atoms with Crippen LogP contribution in [-0.4, -0.2) is 24.6 Å². The van der Waals surface area contributed by atoms with Gasteiger partial charge in [-0.2, -0.15) is 0 Å². The highest BCUT2D eigenvalue weighted by atomic mass is 16.7. The average Bonchev–Trinajstić information content (AvgIpc) is 3.28. The first-order valence-corrected chi connectivity index (χ1v) is 7.65. The van der Waals surface area contributed by atoms with Gasteiger partial charge in [0.15, 0.2) is 11.5 Å². The number of rotatable bonds is 3. The van der Waals surface area contributed by atoms with E-state index in [4.69, 9.17) is 13.9 Å². The van der Waals surface area contributed by atoms with Gasteiger partial charge < -0.3 is 13.9 Å². The third-order valence-electron chi connectivity index (χ3n) is 3.78. The normalized spacial score (nSPS) is 18.1. The van der Waals surface area contributed by atoms with E-state index in [2.05, 4.69) is 5.32 Å². The Hall–Kier alpha value is -3.81. The van der Waals surface area contributed by atoms with Crippen LogP contribution in [0.15, 0.2) is 58.7 Å². The van der Waals surface area contributed by atoms with Crippen LogP contribution in [0.4, 0.5) is 10.5 Å². The van der Waals surface area contributed by atoms with Crippen LogP contribution in [0.5, 0.6) is 11.5 Å². The van der Waals surface area contributed by atoms with Gasteiger partial charge in [0.1, 0.15) is 11.3 Å². The summed E-state index contributed by atoms with van der Waals surface area (Å²) in [5.74, 6) is 0.00658. The molecule has 0 bridgehead atoms. The molecule has 3 heterocycles. The quantitative estimate of drug-likeness (QED) is 0.672. The molecule has 1 N–H and O–H groups in total. The zero-order valence-electron chi connectivity index (χ0n) is 13.3. The van der Waals surface area contributed by atoms with Crippen LogP contribution >= 0.6 is 0 Å². The standard InChI is InChI=1S/C18H12N2O6/c21-16-13(5-1-3-12-4-2-8-24-12)17(22)20(18(23)19-16)11-6-7-14-15(9-11)26-10-25-14/h1-9H,10H2,(H,19,21,23)/b3-1+,13-5+. The highest BCUT2D eigenvalue weighted by molar-refractivity contribution is 6.37. The Bertz CT molecular complexity index is 958. The molecule has 1 saturated heterocycles. The number of fused-ring (bicyclic) bond motifs is 1. The lowest BCUT2D eigenvalue weighted by Gasteiger charge is -2.26. The number of hydrogen-bond acceptors (Lipinski definition) is 6. The highest BCUT2D eigenvalue weighted by Crippen LogP contribution is 2.36. The van der Waals surface area contributed by atoms with E-state index in [-0.39, 0.29) is 18.1 Å². The summed E-state index contributed by atoms with van der Waals surface area (Å²) in [5, 5.41) is 2.15. The first kappa shape index (κ1) is 15.7. The number of amides is 4. The van der Waals surface area contributed by atoms with E-state index in [9.17, 15) is 14.4 Å². The van der Waals surface area contributed by atoms with E-state index in [0.717, 1.165) is 4.90 Å². The van der Waals surface area contributed by atoms with Crippen LogP contribution in [0.1, 0.15) is 5.76 Å². The van der Waals surface area contributed by atoms with Gasteiger partial charge >= 0.3 is 6.03 Å². The van der Waals surface area contributed by atoms with Crippen molar-refractivity contribution in [2.24, 2.45) is 0 Å². The molecule has 2 aliphatic heterocycles. The van der Waals surface area contributed by atoms with Crippen molar-refractivity contribution in [2.45, 2.75) is 0 Å². The molecule has 2 aliphatic rings. The maximum Gasteiger partial charge on any atom is 0.335 e. The summed E-state index contributed by atoms with van der Waals surface area (Å²) in [6.45, 7) is 0.0696. The second kappa shape index (κ2) is 6.25. The van der Waals surface area contributed by atoms with Gasteiger partial charge in [-0.15, -0.1) is 0 Å². The summed E-state index contributed by atoms with van der Waals surface area (Å²) >= 11 is 0. The Balaban J connectivity index is 1.64. The molecular weight excluding hydrogens is 340 g/mol. The molecule has 2 aromatic rings. The molecule has 4 rings (SSSR count). The Kier molecular flexibility index (Phi) is 3.77. The van der Waals surface area contributed by atoms with Crippen molar-refractivity contribution in [2.75, 3.05) is 11.7 Å². The molecule has 0 atom stereocenters. The molecule has 0 saturated carbocycles. The first-order chi connectivity index (χ1) is 12.6. The lowest BCUT2D eigenvalue weighted by molar-refractivity contribution is -0.122. The summed E-state index contributed by atoms with van der Waals surface area (Å²) in [5.41, 5.74) is 0.0928. The van der Waals surface area contributed by atoms with Crippen molar-refractivity contribution in [3.8, 4) is 11.5 Å². The lowest BCUT2D eigenvalue weighted by atomic mass is 10.1. The minimum absolute atomic E-state index is 0.0696. The number of nitrogens with zero attached hydrogens (tertiary/aromatic N) is 1. The summed E-state index contributed by atoms with van der Waals surface area (Å²) in [4.78, 5) is 37.7. The van der Waals surface area contributed by atoms with Gasteiger partial charge in [-0.1, -0.05) is 6.08 Å². The minimum atomic E-state index is -0.828. The topological polar surface area (TPSA) is 98.1 Å². The van der Waals surface area contributed by atoms with E-state index in [1.165, 1.54) is 30.5 Å². The van der Waals surface area contributed by atoms with Crippen molar-refractivity contribution < 1.29 is 28.3 Å². The zero-order chi connectivity index (χ0) is 18.1. The summed E-state index contributed by atoms with van der Waals surface area (Å²) in [6, 6.07) is 7.25. The smallest absolute Gasteiger partial charge is 0.335 e. The van der Waals surface area contributed by atoms with Crippen LogP contribution in [0.25, 0.3) is 6.08 Å². The molecule has 8 nitrogen and oxygen atoms in total. The first-order valence-electron chi connectivity index (χ1n) is 7.65. The van der Waals surface area contributed by atoms with Gasteiger partial charge in [-0.25, -0.2) is 9.69 Å². The number of urea groups is 1. The Morgan fingerprint density at radius 2 is 1.92 bits per heavy atom. The fourth-order valence-electron chi connectivity index (χ4n) is 2.56. The van der Waals surface area contributed by atoms with Gasteiger partial charge in [0.2, 0.25) is 6.79 Å². The Labute approximate surface area is 147 Å². The van der Waals surface area contributed by atoms with Crippen LogP contribution in [-0.2, 0) is 9.59 Å². The number of benzene rings is 1. The predicted molar refractivity (Wildman–Crippen MR) is 89.4 cm³/mol. The number of nitrogens with one attached hydrogen (secondary N) is 1. The highest BCUT2D eigenvalue weighted by Gasteiger charge is 2.37. The number of carbonyl (C=O) groups excluding carboxylic acids is 3. The predicted octanol–water partition coefficient (Wildman–Crippen LogP) is 2.23. The number of allylic oxidation sites excluding steroid dienone is 2. The van der Waals surface area contributed by atoms with Crippen LogP contribution in [0.3, 0.4) is 0 Å². The molecule has 0 radical (unpaired) electrons. The number of hydrogen-bond donors (Lipinski definition) is 1.